The maximum Gasteiger partial charge on any atom is 0.494 e. The molecule has 0 spiro atoms. The Labute approximate surface area is 213 Å². The third-order valence-electron chi connectivity index (χ3n) is 6.77. The Morgan fingerprint density at radius 2 is 1.49 bits per heavy atom. The number of nitrogens with one attached hydrogen (secondary N) is 2. The first kappa shape index (κ1) is 25.5. The van der Waals surface area contributed by atoms with E-state index >= 15 is 0 Å². The van der Waals surface area contributed by atoms with Crippen LogP contribution in [0.15, 0.2) is 78.9 Å². The van der Waals surface area contributed by atoms with Crippen LogP contribution < -0.4 is 16.1 Å². The van der Waals surface area contributed by atoms with Crippen LogP contribution in [0, 0.1) is 0 Å². The van der Waals surface area contributed by atoms with E-state index in [2.05, 4.69) is 10.6 Å². The average Bonchev–Trinajstić information content (AvgIpc) is 3.05. The van der Waals surface area contributed by atoms with Crippen molar-refractivity contribution < 1.29 is 14.1 Å². The predicted molar refractivity (Wildman–Crippen MR) is 143 cm³/mol. The first-order valence-electron chi connectivity index (χ1n) is 11.9. The quantitative estimate of drug-likeness (QED) is 0.429. The summed E-state index contributed by atoms with van der Waals surface area (Å²) in [4.78, 5) is 13.3. The molecule has 1 amide bonds. The van der Waals surface area contributed by atoms with Crippen molar-refractivity contribution in [2.75, 3.05) is 11.9 Å². The first-order chi connectivity index (χ1) is 16.6. The smallest absolute Gasteiger partial charge is 0.399 e. The Bertz CT molecular complexity index is 1120. The molecule has 0 saturated carbocycles. The van der Waals surface area contributed by atoms with Crippen LogP contribution in [0.4, 0.5) is 5.69 Å². The number of rotatable bonds is 8. The summed E-state index contributed by atoms with van der Waals surface area (Å²) in [5, 5.41) is 7.17. The number of anilines is 1. The van der Waals surface area contributed by atoms with Gasteiger partial charge in [-0.2, -0.15) is 0 Å². The van der Waals surface area contributed by atoms with Crippen LogP contribution in [0.1, 0.15) is 44.9 Å². The minimum absolute atomic E-state index is 0.115. The zero-order chi connectivity index (χ0) is 25.1. The van der Waals surface area contributed by atoms with Crippen molar-refractivity contribution in [3.05, 3.63) is 95.0 Å². The Hall–Kier alpha value is -2.64. The number of hydrogen-bond donors (Lipinski definition) is 2. The Morgan fingerprint density at radius 3 is 2.09 bits per heavy atom. The van der Waals surface area contributed by atoms with Gasteiger partial charge in [-0.3, -0.25) is 4.79 Å². The molecule has 1 heterocycles. The van der Waals surface area contributed by atoms with Crippen molar-refractivity contribution >= 4 is 35.8 Å². The Balaban J connectivity index is 1.41. The summed E-state index contributed by atoms with van der Waals surface area (Å²) in [6, 6.07) is 24.7. The van der Waals surface area contributed by atoms with Gasteiger partial charge in [-0.15, -0.1) is 0 Å². The SMILES string of the molecule is CC1(C)OB(c2ccc(NC(=O)C(NCCc3ccc(Cl)cc3)c3ccccc3)cc2)OC1(C)C. The first-order valence-corrected chi connectivity index (χ1v) is 12.3. The van der Waals surface area contributed by atoms with E-state index in [-0.39, 0.29) is 5.91 Å². The highest BCUT2D eigenvalue weighted by Gasteiger charge is 2.51. The van der Waals surface area contributed by atoms with Crippen LogP contribution in [0.2, 0.25) is 5.02 Å². The van der Waals surface area contributed by atoms with Gasteiger partial charge in [0, 0.05) is 17.3 Å². The van der Waals surface area contributed by atoms with E-state index in [0.29, 0.717) is 11.6 Å². The lowest BCUT2D eigenvalue weighted by atomic mass is 9.79. The molecule has 0 aromatic heterocycles. The lowest BCUT2D eigenvalue weighted by Crippen LogP contribution is -2.41. The van der Waals surface area contributed by atoms with Gasteiger partial charge in [-0.05, 0) is 75.0 Å². The molecule has 1 saturated heterocycles. The van der Waals surface area contributed by atoms with Crippen molar-refractivity contribution in [2.24, 2.45) is 0 Å². The van der Waals surface area contributed by atoms with Crippen molar-refractivity contribution in [3.8, 4) is 0 Å². The predicted octanol–water partition coefficient (Wildman–Crippen LogP) is 5.15. The standard InChI is InChI=1S/C28H32BClN2O3/c1-27(2)28(3,4)35-29(34-27)22-12-16-24(17-13-22)32-26(33)25(21-8-6-5-7-9-21)31-19-18-20-10-14-23(30)15-11-20/h5-17,25,31H,18-19H2,1-4H3,(H,32,33). The molecule has 3 aromatic rings. The fraction of sp³-hybridized carbons (Fsp3) is 0.321. The third-order valence-corrected chi connectivity index (χ3v) is 7.03. The molecule has 7 heteroatoms. The van der Waals surface area contributed by atoms with E-state index in [1.54, 1.807) is 0 Å². The van der Waals surface area contributed by atoms with Crippen LogP contribution in [-0.4, -0.2) is 30.8 Å². The van der Waals surface area contributed by atoms with Crippen LogP contribution in [-0.2, 0) is 20.5 Å². The van der Waals surface area contributed by atoms with Gasteiger partial charge in [-0.25, -0.2) is 0 Å². The van der Waals surface area contributed by atoms with Crippen molar-refractivity contribution in [3.63, 3.8) is 0 Å². The summed E-state index contributed by atoms with van der Waals surface area (Å²) in [7, 11) is -0.434. The van der Waals surface area contributed by atoms with Gasteiger partial charge in [0.05, 0.1) is 11.2 Å². The number of halogens is 1. The Morgan fingerprint density at radius 1 is 0.886 bits per heavy atom. The molecule has 1 unspecified atom stereocenters. The fourth-order valence-electron chi connectivity index (χ4n) is 3.94. The number of amides is 1. The second kappa shape index (κ2) is 10.5. The van der Waals surface area contributed by atoms with Gasteiger partial charge in [0.25, 0.3) is 0 Å². The van der Waals surface area contributed by atoms with Gasteiger partial charge >= 0.3 is 7.12 Å². The van der Waals surface area contributed by atoms with Gasteiger partial charge in [0.2, 0.25) is 5.91 Å². The van der Waals surface area contributed by atoms with E-state index in [4.69, 9.17) is 20.9 Å². The summed E-state index contributed by atoms with van der Waals surface area (Å²) < 4.78 is 12.3. The van der Waals surface area contributed by atoms with E-state index in [1.807, 2.05) is 107 Å². The largest absolute Gasteiger partial charge is 0.494 e. The molecular formula is C28H32BClN2O3. The van der Waals surface area contributed by atoms with Crippen molar-refractivity contribution in [1.82, 2.24) is 5.32 Å². The number of hydrogen-bond acceptors (Lipinski definition) is 4. The second-order valence-corrected chi connectivity index (χ2v) is 10.3. The summed E-state index contributed by atoms with van der Waals surface area (Å²) in [6.45, 7) is 8.78. The number of benzene rings is 3. The number of carbonyl (C=O) groups excluding carboxylic acids is 1. The van der Waals surface area contributed by atoms with E-state index < -0.39 is 24.4 Å². The summed E-state index contributed by atoms with van der Waals surface area (Å²) >= 11 is 5.98. The summed E-state index contributed by atoms with van der Waals surface area (Å²) in [6.07, 6.45) is 0.788. The molecule has 1 fully saturated rings. The topological polar surface area (TPSA) is 59.6 Å². The lowest BCUT2D eigenvalue weighted by Gasteiger charge is -2.32. The van der Waals surface area contributed by atoms with Crippen LogP contribution in [0.3, 0.4) is 0 Å². The Kier molecular flexibility index (Phi) is 7.67. The third kappa shape index (κ3) is 6.14. The molecule has 0 aliphatic carbocycles. The molecular weight excluding hydrogens is 459 g/mol. The second-order valence-electron chi connectivity index (χ2n) is 9.87. The number of carbonyl (C=O) groups is 1. The molecule has 4 rings (SSSR count). The molecule has 5 nitrogen and oxygen atoms in total. The van der Waals surface area contributed by atoms with Crippen LogP contribution >= 0.6 is 11.6 Å². The van der Waals surface area contributed by atoms with E-state index in [9.17, 15) is 4.79 Å². The van der Waals surface area contributed by atoms with Crippen LogP contribution in [0.25, 0.3) is 0 Å². The van der Waals surface area contributed by atoms with Gasteiger partial charge in [-0.1, -0.05) is 66.2 Å². The highest BCUT2D eigenvalue weighted by molar-refractivity contribution is 6.62. The lowest BCUT2D eigenvalue weighted by molar-refractivity contribution is -0.118. The molecule has 0 radical (unpaired) electrons. The summed E-state index contributed by atoms with van der Waals surface area (Å²) in [5.74, 6) is -0.115. The minimum atomic E-state index is -0.480. The van der Waals surface area contributed by atoms with Gasteiger partial charge < -0.3 is 19.9 Å². The van der Waals surface area contributed by atoms with Crippen molar-refractivity contribution in [1.29, 1.82) is 0 Å². The maximum absolute atomic E-state index is 13.3. The van der Waals surface area contributed by atoms with Crippen molar-refractivity contribution in [2.45, 2.75) is 51.4 Å². The highest BCUT2D eigenvalue weighted by atomic mass is 35.5. The molecule has 1 atom stereocenters. The fourth-order valence-corrected chi connectivity index (χ4v) is 4.06. The van der Waals surface area contributed by atoms with Gasteiger partial charge in [0.15, 0.2) is 0 Å². The highest BCUT2D eigenvalue weighted by Crippen LogP contribution is 2.36. The van der Waals surface area contributed by atoms with Crippen LogP contribution in [0.5, 0.6) is 0 Å². The van der Waals surface area contributed by atoms with Gasteiger partial charge in [0.1, 0.15) is 6.04 Å². The normalized spacial score (nSPS) is 17.2. The zero-order valence-corrected chi connectivity index (χ0v) is 21.4. The van der Waals surface area contributed by atoms with E-state index in [0.717, 1.165) is 28.7 Å². The minimum Gasteiger partial charge on any atom is -0.399 e. The molecule has 182 valence electrons. The van der Waals surface area contributed by atoms with E-state index in [1.165, 1.54) is 0 Å². The monoisotopic (exact) mass is 490 g/mol. The average molecular weight is 491 g/mol. The zero-order valence-electron chi connectivity index (χ0n) is 20.7. The molecule has 1 aliphatic heterocycles. The molecule has 2 N–H and O–H groups in total. The molecule has 35 heavy (non-hydrogen) atoms. The maximum atomic E-state index is 13.3. The summed E-state index contributed by atoms with van der Waals surface area (Å²) in [5.41, 5.74) is 2.91. The molecule has 3 aromatic carbocycles. The molecule has 1 aliphatic rings. The molecule has 0 bridgehead atoms.